The molecule has 1 aromatic rings. The second kappa shape index (κ2) is 4.13. The highest BCUT2D eigenvalue weighted by Crippen LogP contribution is 1.94. The summed E-state index contributed by atoms with van der Waals surface area (Å²) in [5.41, 5.74) is 0. The Balaban J connectivity index is 2.14. The Kier molecular flexibility index (Phi) is 3.11. The van der Waals surface area contributed by atoms with Gasteiger partial charge in [0.2, 0.25) is 5.89 Å². The summed E-state index contributed by atoms with van der Waals surface area (Å²) < 4.78 is 5.04. The van der Waals surface area contributed by atoms with Crippen molar-refractivity contribution in [3.05, 3.63) is 18.4 Å². The van der Waals surface area contributed by atoms with Gasteiger partial charge in [0.25, 0.3) is 0 Å². The Hall–Kier alpha value is -0.830. The van der Waals surface area contributed by atoms with E-state index >= 15 is 0 Å². The fraction of sp³-hybridized carbons (Fsp3) is 0.625. The number of nitrogens with one attached hydrogen (secondary N) is 1. The van der Waals surface area contributed by atoms with Crippen LogP contribution in [-0.4, -0.2) is 11.5 Å². The maximum Gasteiger partial charge on any atom is 0.207 e. The molecule has 1 aromatic heterocycles. The molecule has 0 amide bonds. The van der Waals surface area contributed by atoms with Crippen LogP contribution in [-0.2, 0) is 6.54 Å². The zero-order valence-electron chi connectivity index (χ0n) is 7.00. The van der Waals surface area contributed by atoms with E-state index in [1.807, 2.05) is 0 Å². The SMILES string of the molecule is CC(C)CNCc1ncco1. The van der Waals surface area contributed by atoms with Gasteiger partial charge in [-0.05, 0) is 12.5 Å². The van der Waals surface area contributed by atoms with Crippen molar-refractivity contribution in [1.29, 1.82) is 0 Å². The van der Waals surface area contributed by atoms with Crippen LogP contribution in [0, 0.1) is 5.92 Å². The third-order valence-electron chi connectivity index (χ3n) is 1.31. The summed E-state index contributed by atoms with van der Waals surface area (Å²) in [6.07, 6.45) is 3.25. The Morgan fingerprint density at radius 3 is 3.00 bits per heavy atom. The van der Waals surface area contributed by atoms with Crippen molar-refractivity contribution >= 4 is 0 Å². The highest BCUT2D eigenvalue weighted by Gasteiger charge is 1.96. The topological polar surface area (TPSA) is 38.1 Å². The van der Waals surface area contributed by atoms with E-state index in [9.17, 15) is 0 Å². The van der Waals surface area contributed by atoms with Crippen LogP contribution in [0.2, 0.25) is 0 Å². The first kappa shape index (κ1) is 8.27. The average Bonchev–Trinajstić information content (AvgIpc) is 2.39. The summed E-state index contributed by atoms with van der Waals surface area (Å²) in [6.45, 7) is 6.07. The normalized spacial score (nSPS) is 10.8. The lowest BCUT2D eigenvalue weighted by molar-refractivity contribution is 0.452. The molecular weight excluding hydrogens is 140 g/mol. The molecule has 0 saturated carbocycles. The third-order valence-corrected chi connectivity index (χ3v) is 1.31. The van der Waals surface area contributed by atoms with Crippen LogP contribution in [0.4, 0.5) is 0 Å². The van der Waals surface area contributed by atoms with E-state index in [0.717, 1.165) is 19.0 Å². The largest absolute Gasteiger partial charge is 0.448 e. The minimum absolute atomic E-state index is 0.671. The van der Waals surface area contributed by atoms with Crippen LogP contribution in [0.25, 0.3) is 0 Å². The molecule has 0 saturated heterocycles. The van der Waals surface area contributed by atoms with Gasteiger partial charge in [0.05, 0.1) is 12.7 Å². The predicted octanol–water partition coefficient (Wildman–Crippen LogP) is 1.42. The molecule has 3 nitrogen and oxygen atoms in total. The first-order valence-electron chi connectivity index (χ1n) is 3.88. The van der Waals surface area contributed by atoms with Crippen LogP contribution < -0.4 is 5.32 Å². The number of aromatic nitrogens is 1. The van der Waals surface area contributed by atoms with Gasteiger partial charge < -0.3 is 9.73 Å². The lowest BCUT2D eigenvalue weighted by Crippen LogP contribution is -2.18. The molecule has 1 heterocycles. The molecule has 0 aliphatic heterocycles. The minimum Gasteiger partial charge on any atom is -0.448 e. The first-order chi connectivity index (χ1) is 5.29. The fourth-order valence-corrected chi connectivity index (χ4v) is 0.808. The molecule has 0 aliphatic rings. The van der Waals surface area contributed by atoms with Gasteiger partial charge in [-0.2, -0.15) is 0 Å². The van der Waals surface area contributed by atoms with Gasteiger partial charge in [-0.1, -0.05) is 13.8 Å². The Morgan fingerprint density at radius 2 is 2.45 bits per heavy atom. The molecule has 62 valence electrons. The molecule has 0 spiro atoms. The summed E-state index contributed by atoms with van der Waals surface area (Å²) in [5, 5.41) is 3.23. The molecule has 1 N–H and O–H groups in total. The van der Waals surface area contributed by atoms with Crippen LogP contribution in [0.1, 0.15) is 19.7 Å². The van der Waals surface area contributed by atoms with Gasteiger partial charge >= 0.3 is 0 Å². The lowest BCUT2D eigenvalue weighted by atomic mass is 10.2. The zero-order chi connectivity index (χ0) is 8.10. The molecule has 0 aliphatic carbocycles. The first-order valence-corrected chi connectivity index (χ1v) is 3.88. The maximum atomic E-state index is 5.04. The molecule has 0 atom stereocenters. The molecule has 1 rings (SSSR count). The number of hydrogen-bond acceptors (Lipinski definition) is 3. The van der Waals surface area contributed by atoms with E-state index in [2.05, 4.69) is 24.1 Å². The average molecular weight is 154 g/mol. The van der Waals surface area contributed by atoms with E-state index < -0.39 is 0 Å². The van der Waals surface area contributed by atoms with Crippen LogP contribution in [0.5, 0.6) is 0 Å². The van der Waals surface area contributed by atoms with Crippen molar-refractivity contribution in [2.75, 3.05) is 6.54 Å². The molecule has 11 heavy (non-hydrogen) atoms. The summed E-state index contributed by atoms with van der Waals surface area (Å²) in [7, 11) is 0. The van der Waals surface area contributed by atoms with Gasteiger partial charge in [-0.3, -0.25) is 0 Å². The molecule has 0 unspecified atom stereocenters. The molecular formula is C8H14N2O. The Labute approximate surface area is 66.8 Å². The Bertz CT molecular complexity index is 182. The minimum atomic E-state index is 0.671. The van der Waals surface area contributed by atoms with Gasteiger partial charge in [0, 0.05) is 0 Å². The number of rotatable bonds is 4. The van der Waals surface area contributed by atoms with Gasteiger partial charge in [-0.25, -0.2) is 4.98 Å². The van der Waals surface area contributed by atoms with Crippen LogP contribution in [0.15, 0.2) is 16.9 Å². The van der Waals surface area contributed by atoms with Gasteiger partial charge in [0.1, 0.15) is 6.26 Å². The number of hydrogen-bond donors (Lipinski definition) is 1. The molecule has 0 radical (unpaired) electrons. The number of nitrogens with zero attached hydrogens (tertiary/aromatic N) is 1. The van der Waals surface area contributed by atoms with Crippen molar-refractivity contribution in [1.82, 2.24) is 10.3 Å². The van der Waals surface area contributed by atoms with Crippen molar-refractivity contribution in [3.63, 3.8) is 0 Å². The second-order valence-electron chi connectivity index (χ2n) is 2.95. The van der Waals surface area contributed by atoms with Crippen molar-refractivity contribution in [2.45, 2.75) is 20.4 Å². The summed E-state index contributed by atoms with van der Waals surface area (Å²) in [5.74, 6) is 1.43. The zero-order valence-corrected chi connectivity index (χ0v) is 7.00. The van der Waals surface area contributed by atoms with E-state index in [1.165, 1.54) is 0 Å². The third kappa shape index (κ3) is 3.18. The summed E-state index contributed by atoms with van der Waals surface area (Å²) in [6, 6.07) is 0. The van der Waals surface area contributed by atoms with Crippen molar-refractivity contribution < 1.29 is 4.42 Å². The quantitative estimate of drug-likeness (QED) is 0.712. The number of oxazole rings is 1. The molecule has 0 bridgehead atoms. The standard InChI is InChI=1S/C8H14N2O/c1-7(2)5-9-6-8-10-3-4-11-8/h3-4,7,9H,5-6H2,1-2H3. The Morgan fingerprint density at radius 1 is 1.64 bits per heavy atom. The van der Waals surface area contributed by atoms with Crippen LogP contribution >= 0.6 is 0 Å². The van der Waals surface area contributed by atoms with Crippen LogP contribution in [0.3, 0.4) is 0 Å². The van der Waals surface area contributed by atoms with E-state index in [-0.39, 0.29) is 0 Å². The molecule has 3 heteroatoms. The smallest absolute Gasteiger partial charge is 0.207 e. The van der Waals surface area contributed by atoms with Gasteiger partial charge in [0.15, 0.2) is 0 Å². The van der Waals surface area contributed by atoms with E-state index in [4.69, 9.17) is 4.42 Å². The highest BCUT2D eigenvalue weighted by atomic mass is 16.3. The molecule has 0 fully saturated rings. The van der Waals surface area contributed by atoms with Gasteiger partial charge in [-0.15, -0.1) is 0 Å². The molecule has 0 aromatic carbocycles. The summed E-state index contributed by atoms with van der Waals surface area (Å²) >= 11 is 0. The van der Waals surface area contributed by atoms with Crippen molar-refractivity contribution in [3.8, 4) is 0 Å². The lowest BCUT2D eigenvalue weighted by Gasteiger charge is -2.03. The highest BCUT2D eigenvalue weighted by molar-refractivity contribution is 4.78. The van der Waals surface area contributed by atoms with Crippen molar-refractivity contribution in [2.24, 2.45) is 5.92 Å². The fourth-order valence-electron chi connectivity index (χ4n) is 0.808. The predicted molar refractivity (Wildman–Crippen MR) is 43.0 cm³/mol. The van der Waals surface area contributed by atoms with E-state index in [1.54, 1.807) is 12.5 Å². The maximum absolute atomic E-state index is 5.04. The summed E-state index contributed by atoms with van der Waals surface area (Å²) in [4.78, 5) is 3.98. The second-order valence-corrected chi connectivity index (χ2v) is 2.95. The van der Waals surface area contributed by atoms with E-state index in [0.29, 0.717) is 5.92 Å². The monoisotopic (exact) mass is 154 g/mol.